The van der Waals surface area contributed by atoms with Crippen LogP contribution in [0.25, 0.3) is 0 Å². The molecule has 0 aliphatic heterocycles. The van der Waals surface area contributed by atoms with Gasteiger partial charge in [-0.25, -0.2) is 0 Å². The molecule has 7 heteroatoms. The minimum Gasteiger partial charge on any atom is -0.603 e. The van der Waals surface area contributed by atoms with E-state index in [1.807, 2.05) is 0 Å². The normalized spacial score (nSPS) is 11.4. The number of ether oxygens (including phenoxy) is 1. The summed E-state index contributed by atoms with van der Waals surface area (Å²) in [5.74, 6) is 1.92. The van der Waals surface area contributed by atoms with Crippen LogP contribution in [0.4, 0.5) is 5.69 Å². The minimum atomic E-state index is -1.67. The second-order valence-corrected chi connectivity index (χ2v) is 5.24. The van der Waals surface area contributed by atoms with Gasteiger partial charge in [-0.1, -0.05) is 6.07 Å². The van der Waals surface area contributed by atoms with Crippen LogP contribution >= 0.6 is 8.00 Å². The van der Waals surface area contributed by atoms with Gasteiger partial charge in [0.05, 0.1) is 18.6 Å². The summed E-state index contributed by atoms with van der Waals surface area (Å²) in [6, 6.07) is 4.82. The van der Waals surface area contributed by atoms with E-state index in [9.17, 15) is 15.0 Å². The summed E-state index contributed by atoms with van der Waals surface area (Å²) in [6.45, 7) is 2.23. The molecule has 1 aromatic carbocycles. The van der Waals surface area contributed by atoms with Crippen LogP contribution in [0.3, 0.4) is 0 Å². The van der Waals surface area contributed by atoms with Gasteiger partial charge >= 0.3 is 5.69 Å². The predicted octanol–water partition coefficient (Wildman–Crippen LogP) is 2.44. The molecule has 0 spiro atoms. The number of nitro benzene ring substituents is 1. The SMILES string of the molecule is CCO[P+]([O-])=CCCCc1ccc([N+](=O)[O-])c(OC)c1. The highest BCUT2D eigenvalue weighted by Crippen LogP contribution is 2.28. The smallest absolute Gasteiger partial charge is 0.310 e. The Morgan fingerprint density at radius 3 is 2.80 bits per heavy atom. The van der Waals surface area contributed by atoms with Crippen molar-refractivity contribution in [2.24, 2.45) is 0 Å². The van der Waals surface area contributed by atoms with E-state index in [-0.39, 0.29) is 11.4 Å². The first kappa shape index (κ1) is 16.6. The summed E-state index contributed by atoms with van der Waals surface area (Å²) in [5, 5.41) is 10.8. The number of unbranched alkanes of at least 4 members (excludes halogenated alkanes) is 1. The molecule has 0 N–H and O–H groups in total. The molecule has 0 aromatic heterocycles. The number of hydrogen-bond donors (Lipinski definition) is 0. The molecule has 1 atom stereocenters. The summed E-state index contributed by atoms with van der Waals surface area (Å²) in [7, 11) is -0.264. The maximum Gasteiger partial charge on any atom is 0.310 e. The Bertz CT molecular complexity index is 490. The molecule has 0 amide bonds. The molecule has 0 fully saturated rings. The summed E-state index contributed by atoms with van der Waals surface area (Å²) in [6.07, 6.45) is 2.21. The lowest BCUT2D eigenvalue weighted by Gasteiger charge is -2.04. The van der Waals surface area contributed by atoms with Gasteiger partial charge in [-0.15, -0.1) is 0 Å². The van der Waals surface area contributed by atoms with E-state index in [0.717, 1.165) is 18.4 Å². The van der Waals surface area contributed by atoms with Gasteiger partial charge in [0.15, 0.2) is 5.75 Å². The highest BCUT2D eigenvalue weighted by molar-refractivity contribution is 7.44. The molecule has 0 saturated carbocycles. The molecule has 0 aliphatic rings. The van der Waals surface area contributed by atoms with Crippen LogP contribution in [0.15, 0.2) is 18.2 Å². The maximum absolute atomic E-state index is 11.2. The Morgan fingerprint density at radius 1 is 1.45 bits per heavy atom. The number of aryl methyl sites for hydroxylation is 1. The Labute approximate surface area is 119 Å². The van der Waals surface area contributed by atoms with Crippen molar-refractivity contribution in [2.45, 2.75) is 26.2 Å². The molecule has 0 aliphatic carbocycles. The van der Waals surface area contributed by atoms with E-state index < -0.39 is 12.9 Å². The summed E-state index contributed by atoms with van der Waals surface area (Å²) in [5.41, 5.74) is 0.912. The van der Waals surface area contributed by atoms with E-state index >= 15 is 0 Å². The Morgan fingerprint density at radius 2 is 2.20 bits per heavy atom. The fourth-order valence-electron chi connectivity index (χ4n) is 1.71. The van der Waals surface area contributed by atoms with Crippen molar-refractivity contribution in [1.82, 2.24) is 0 Å². The van der Waals surface area contributed by atoms with Gasteiger partial charge in [0.25, 0.3) is 0 Å². The van der Waals surface area contributed by atoms with E-state index in [0.29, 0.717) is 13.0 Å². The minimum absolute atomic E-state index is 0.0396. The van der Waals surface area contributed by atoms with Crippen LogP contribution in [0.1, 0.15) is 25.3 Å². The van der Waals surface area contributed by atoms with Gasteiger partial charge in [-0.3, -0.25) is 10.1 Å². The molecular formula is C13H18NO5P. The molecule has 1 rings (SSSR count). The molecule has 0 bridgehead atoms. The molecule has 1 unspecified atom stereocenters. The molecule has 0 saturated heterocycles. The monoisotopic (exact) mass is 299 g/mol. The molecule has 0 radical (unpaired) electrons. The molecule has 0 heterocycles. The zero-order chi connectivity index (χ0) is 15.0. The third-order valence-corrected chi connectivity index (χ3v) is 3.71. The third-order valence-electron chi connectivity index (χ3n) is 2.64. The van der Waals surface area contributed by atoms with Crippen LogP contribution in [-0.4, -0.2) is 24.4 Å². The van der Waals surface area contributed by atoms with Gasteiger partial charge in [-0.2, -0.15) is 4.52 Å². The highest BCUT2D eigenvalue weighted by atomic mass is 31.1. The van der Waals surface area contributed by atoms with Crippen LogP contribution in [0.5, 0.6) is 5.75 Å². The number of hydrogen-bond acceptors (Lipinski definition) is 5. The molecular weight excluding hydrogens is 281 g/mol. The first-order valence-corrected chi connectivity index (χ1v) is 7.57. The van der Waals surface area contributed by atoms with Crippen LogP contribution in [0, 0.1) is 10.1 Å². The topological polar surface area (TPSA) is 84.7 Å². The summed E-state index contributed by atoms with van der Waals surface area (Å²) < 4.78 is 9.94. The molecule has 1 aromatic rings. The van der Waals surface area contributed by atoms with Crippen molar-refractivity contribution in [2.75, 3.05) is 13.7 Å². The second kappa shape index (κ2) is 8.64. The zero-order valence-corrected chi connectivity index (χ0v) is 12.5. The first-order chi connectivity index (χ1) is 9.58. The standard InChI is InChI=1S/C13H18NO5P/c1-3-19-20(17)9-5-4-6-11-7-8-12(14(15)16)13(10-11)18-2/h7-10H,3-6H2,1-2H3. The maximum atomic E-state index is 11.2. The number of rotatable bonds is 8. The number of nitrogens with zero attached hydrogens (tertiary/aromatic N) is 1. The van der Waals surface area contributed by atoms with Gasteiger partial charge < -0.3 is 9.63 Å². The largest absolute Gasteiger partial charge is 0.603 e. The molecule has 110 valence electrons. The van der Waals surface area contributed by atoms with E-state index in [4.69, 9.17) is 9.26 Å². The van der Waals surface area contributed by atoms with E-state index in [1.165, 1.54) is 13.2 Å². The van der Waals surface area contributed by atoms with Crippen molar-refractivity contribution in [3.63, 3.8) is 0 Å². The second-order valence-electron chi connectivity index (χ2n) is 4.04. The van der Waals surface area contributed by atoms with Gasteiger partial charge in [0, 0.05) is 12.5 Å². The molecule has 6 nitrogen and oxygen atoms in total. The highest BCUT2D eigenvalue weighted by Gasteiger charge is 2.14. The van der Waals surface area contributed by atoms with Crippen LogP contribution in [0.2, 0.25) is 0 Å². The van der Waals surface area contributed by atoms with Crippen molar-refractivity contribution in [1.29, 1.82) is 0 Å². The van der Waals surface area contributed by atoms with Crippen LogP contribution < -0.4 is 9.63 Å². The fourth-order valence-corrected chi connectivity index (χ4v) is 2.46. The zero-order valence-electron chi connectivity index (χ0n) is 11.6. The average Bonchev–Trinajstić information content (AvgIpc) is 2.43. The summed E-state index contributed by atoms with van der Waals surface area (Å²) >= 11 is 0. The van der Waals surface area contributed by atoms with Gasteiger partial charge in [-0.05, 0) is 31.4 Å². The van der Waals surface area contributed by atoms with Gasteiger partial charge in [0.1, 0.15) is 5.80 Å². The first-order valence-electron chi connectivity index (χ1n) is 6.32. The van der Waals surface area contributed by atoms with Gasteiger partial charge in [0.2, 0.25) is 8.00 Å². The van der Waals surface area contributed by atoms with Crippen molar-refractivity contribution in [3.8, 4) is 5.75 Å². The Kier molecular flexibility index (Phi) is 7.15. The lowest BCUT2D eigenvalue weighted by atomic mass is 10.1. The van der Waals surface area contributed by atoms with Crippen LogP contribution in [-0.2, 0) is 10.9 Å². The van der Waals surface area contributed by atoms with Crippen molar-refractivity contribution < 1.29 is 19.1 Å². The number of benzene rings is 1. The van der Waals surface area contributed by atoms with E-state index in [1.54, 1.807) is 24.9 Å². The van der Waals surface area contributed by atoms with Crippen molar-refractivity contribution >= 4 is 19.5 Å². The quantitative estimate of drug-likeness (QED) is 0.318. The average molecular weight is 299 g/mol. The van der Waals surface area contributed by atoms with E-state index in [2.05, 4.69) is 0 Å². The Balaban J connectivity index is 2.57. The number of nitro groups is 1. The predicted molar refractivity (Wildman–Crippen MR) is 77.2 cm³/mol. The number of methoxy groups -OCH3 is 1. The third kappa shape index (κ3) is 5.25. The summed E-state index contributed by atoms with van der Waals surface area (Å²) in [4.78, 5) is 21.5. The lowest BCUT2D eigenvalue weighted by Crippen LogP contribution is -1.97. The molecule has 20 heavy (non-hydrogen) atoms. The fraction of sp³-hybridized carbons (Fsp3) is 0.462. The Hall–Kier alpha value is -1.49. The lowest BCUT2D eigenvalue weighted by molar-refractivity contribution is -0.385. The van der Waals surface area contributed by atoms with Crippen molar-refractivity contribution in [3.05, 3.63) is 33.9 Å².